The van der Waals surface area contributed by atoms with Gasteiger partial charge in [0.1, 0.15) is 4.21 Å². The van der Waals surface area contributed by atoms with Crippen LogP contribution in [0.3, 0.4) is 0 Å². The Labute approximate surface area is 117 Å². The molecule has 0 unspecified atom stereocenters. The van der Waals surface area contributed by atoms with Crippen LogP contribution in [0, 0.1) is 13.8 Å². The van der Waals surface area contributed by atoms with Crippen molar-refractivity contribution in [1.29, 1.82) is 0 Å². The molecule has 0 saturated heterocycles. The van der Waals surface area contributed by atoms with Gasteiger partial charge in [-0.05, 0) is 44.0 Å². The van der Waals surface area contributed by atoms with E-state index in [1.165, 1.54) is 11.3 Å². The maximum absolute atomic E-state index is 12.1. The van der Waals surface area contributed by atoms with Crippen LogP contribution in [-0.4, -0.2) is 13.4 Å². The number of nitrogens with one attached hydrogen (secondary N) is 2. The Morgan fingerprint density at radius 3 is 2.58 bits per heavy atom. The quantitative estimate of drug-likeness (QED) is 0.891. The first-order valence-corrected chi connectivity index (χ1v) is 8.46. The van der Waals surface area contributed by atoms with Gasteiger partial charge in [-0.1, -0.05) is 6.92 Å². The maximum atomic E-state index is 12.1. The van der Waals surface area contributed by atoms with E-state index < -0.39 is 10.0 Å². The minimum atomic E-state index is -3.40. The lowest BCUT2D eigenvalue weighted by atomic mass is 10.2. The van der Waals surface area contributed by atoms with Gasteiger partial charge in [-0.25, -0.2) is 13.1 Å². The van der Waals surface area contributed by atoms with Crippen molar-refractivity contribution >= 4 is 21.4 Å². The van der Waals surface area contributed by atoms with Gasteiger partial charge in [-0.2, -0.15) is 0 Å². The van der Waals surface area contributed by atoms with Gasteiger partial charge < -0.3 is 4.98 Å². The van der Waals surface area contributed by atoms with Gasteiger partial charge in [-0.3, -0.25) is 0 Å². The second-order valence-corrected chi connectivity index (χ2v) is 7.66. The molecule has 4 nitrogen and oxygen atoms in total. The molecule has 2 heterocycles. The van der Waals surface area contributed by atoms with Gasteiger partial charge in [0.2, 0.25) is 10.0 Å². The molecule has 6 heteroatoms. The number of aromatic nitrogens is 1. The molecule has 0 aliphatic heterocycles. The van der Waals surface area contributed by atoms with Gasteiger partial charge >= 0.3 is 0 Å². The van der Waals surface area contributed by atoms with Gasteiger partial charge in [0.25, 0.3) is 0 Å². The van der Waals surface area contributed by atoms with E-state index in [9.17, 15) is 8.42 Å². The second-order valence-electron chi connectivity index (χ2n) is 4.50. The fourth-order valence-corrected chi connectivity index (χ4v) is 4.25. The Bertz CT molecular complexity index is 669. The lowest BCUT2D eigenvalue weighted by Gasteiger charge is -2.04. The molecule has 0 atom stereocenters. The molecule has 104 valence electrons. The summed E-state index contributed by atoms with van der Waals surface area (Å²) < 4.78 is 27.3. The number of hydrogen-bond donors (Lipinski definition) is 2. The number of H-pyrrole nitrogens is 1. The van der Waals surface area contributed by atoms with Crippen LogP contribution in [0.15, 0.2) is 22.4 Å². The van der Waals surface area contributed by atoms with Gasteiger partial charge in [0.05, 0.1) is 0 Å². The van der Waals surface area contributed by atoms with Crippen LogP contribution < -0.4 is 4.72 Å². The topological polar surface area (TPSA) is 62.0 Å². The van der Waals surface area contributed by atoms with E-state index in [0.717, 1.165) is 28.2 Å². The predicted molar refractivity (Wildman–Crippen MR) is 78.0 cm³/mol. The SMILES string of the molecule is CCc1ccc(S(=O)(=O)NCc2cc(C)[nH]c2C)s1. The van der Waals surface area contributed by atoms with Crippen LogP contribution in [0.25, 0.3) is 0 Å². The molecule has 0 aromatic carbocycles. The molecular weight excluding hydrogens is 280 g/mol. The van der Waals surface area contributed by atoms with Crippen LogP contribution in [0.2, 0.25) is 0 Å². The molecule has 0 amide bonds. The molecule has 19 heavy (non-hydrogen) atoms. The minimum Gasteiger partial charge on any atom is -0.362 e. The standard InChI is InChI=1S/C13H18N2O2S2/c1-4-12-5-6-13(18-12)19(16,17)14-8-11-7-9(2)15-10(11)3/h5-7,14-15H,4,8H2,1-3H3. The second kappa shape index (κ2) is 5.48. The van der Waals surface area contributed by atoms with Gasteiger partial charge in [0, 0.05) is 22.8 Å². The summed E-state index contributed by atoms with van der Waals surface area (Å²) in [5.74, 6) is 0. The number of thiophene rings is 1. The van der Waals surface area contributed by atoms with E-state index in [4.69, 9.17) is 0 Å². The molecule has 0 aliphatic rings. The average Bonchev–Trinajstić information content (AvgIpc) is 2.94. The Kier molecular flexibility index (Phi) is 4.13. The zero-order valence-electron chi connectivity index (χ0n) is 11.3. The molecule has 2 rings (SSSR count). The van der Waals surface area contributed by atoms with Crippen LogP contribution in [-0.2, 0) is 23.0 Å². The summed E-state index contributed by atoms with van der Waals surface area (Å²) in [6, 6.07) is 5.50. The summed E-state index contributed by atoms with van der Waals surface area (Å²) in [4.78, 5) is 4.24. The van der Waals surface area contributed by atoms with Crippen molar-refractivity contribution < 1.29 is 8.42 Å². The normalized spacial score (nSPS) is 11.9. The molecule has 0 radical (unpaired) electrons. The summed E-state index contributed by atoms with van der Waals surface area (Å²) >= 11 is 1.33. The highest BCUT2D eigenvalue weighted by Crippen LogP contribution is 2.22. The number of aryl methyl sites for hydroxylation is 3. The Morgan fingerprint density at radius 1 is 1.32 bits per heavy atom. The Balaban J connectivity index is 2.11. The predicted octanol–water partition coefficient (Wildman–Crippen LogP) is 2.73. The fraction of sp³-hybridized carbons (Fsp3) is 0.385. The zero-order valence-corrected chi connectivity index (χ0v) is 12.9. The first-order valence-electron chi connectivity index (χ1n) is 6.16. The molecule has 0 bridgehead atoms. The highest BCUT2D eigenvalue weighted by Gasteiger charge is 2.16. The molecule has 2 aromatic rings. The summed E-state index contributed by atoms with van der Waals surface area (Å²) in [5.41, 5.74) is 3.02. The zero-order chi connectivity index (χ0) is 14.0. The van der Waals surface area contributed by atoms with Crippen molar-refractivity contribution in [3.63, 3.8) is 0 Å². The fourth-order valence-electron chi connectivity index (χ4n) is 1.90. The number of sulfonamides is 1. The molecule has 2 aromatic heterocycles. The van der Waals surface area contributed by atoms with Crippen molar-refractivity contribution in [2.24, 2.45) is 0 Å². The molecule has 0 saturated carbocycles. The van der Waals surface area contributed by atoms with E-state index in [1.54, 1.807) is 6.07 Å². The lowest BCUT2D eigenvalue weighted by Crippen LogP contribution is -2.22. The largest absolute Gasteiger partial charge is 0.362 e. The Morgan fingerprint density at radius 2 is 2.05 bits per heavy atom. The Hall–Kier alpha value is -1.11. The van der Waals surface area contributed by atoms with Crippen molar-refractivity contribution in [3.05, 3.63) is 40.0 Å². The first kappa shape index (κ1) is 14.3. The summed E-state index contributed by atoms with van der Waals surface area (Å²) in [6.07, 6.45) is 0.857. The molecule has 0 fully saturated rings. The first-order chi connectivity index (χ1) is 8.92. The van der Waals surface area contributed by atoms with Crippen molar-refractivity contribution in [2.45, 2.75) is 37.9 Å². The number of rotatable bonds is 5. The van der Waals surface area contributed by atoms with E-state index >= 15 is 0 Å². The number of hydrogen-bond acceptors (Lipinski definition) is 3. The van der Waals surface area contributed by atoms with Crippen LogP contribution in [0.5, 0.6) is 0 Å². The highest BCUT2D eigenvalue weighted by atomic mass is 32.2. The smallest absolute Gasteiger partial charge is 0.250 e. The van der Waals surface area contributed by atoms with Crippen LogP contribution in [0.1, 0.15) is 28.8 Å². The lowest BCUT2D eigenvalue weighted by molar-refractivity contribution is 0.583. The third kappa shape index (κ3) is 3.26. The average molecular weight is 298 g/mol. The molecular formula is C13H18N2O2S2. The monoisotopic (exact) mass is 298 g/mol. The summed E-state index contributed by atoms with van der Waals surface area (Å²) in [5, 5.41) is 0. The molecule has 0 aliphatic carbocycles. The van der Waals surface area contributed by atoms with Crippen molar-refractivity contribution in [1.82, 2.24) is 9.71 Å². The molecule has 0 spiro atoms. The van der Waals surface area contributed by atoms with Crippen LogP contribution in [0.4, 0.5) is 0 Å². The van der Waals surface area contributed by atoms with Crippen molar-refractivity contribution in [3.8, 4) is 0 Å². The van der Waals surface area contributed by atoms with Crippen LogP contribution >= 0.6 is 11.3 Å². The van der Waals surface area contributed by atoms with E-state index in [0.29, 0.717) is 10.8 Å². The van der Waals surface area contributed by atoms with Gasteiger partial charge in [0.15, 0.2) is 0 Å². The van der Waals surface area contributed by atoms with E-state index in [-0.39, 0.29) is 0 Å². The number of aromatic amines is 1. The summed E-state index contributed by atoms with van der Waals surface area (Å²) in [7, 11) is -3.40. The van der Waals surface area contributed by atoms with E-state index in [1.807, 2.05) is 32.9 Å². The summed E-state index contributed by atoms with van der Waals surface area (Å²) in [6.45, 7) is 6.23. The maximum Gasteiger partial charge on any atom is 0.250 e. The van der Waals surface area contributed by atoms with Crippen molar-refractivity contribution in [2.75, 3.05) is 0 Å². The minimum absolute atomic E-state index is 0.317. The van der Waals surface area contributed by atoms with Gasteiger partial charge in [-0.15, -0.1) is 11.3 Å². The third-order valence-electron chi connectivity index (χ3n) is 2.96. The van der Waals surface area contributed by atoms with E-state index in [2.05, 4.69) is 9.71 Å². The third-order valence-corrected chi connectivity index (χ3v) is 6.08. The molecule has 2 N–H and O–H groups in total. The highest BCUT2D eigenvalue weighted by molar-refractivity contribution is 7.91.